The first-order valence-corrected chi connectivity index (χ1v) is 16.6. The number of ether oxygens (including phenoxy) is 2. The van der Waals surface area contributed by atoms with Crippen LogP contribution in [0.15, 0.2) is 69.1 Å². The molecule has 0 bridgehead atoms. The van der Waals surface area contributed by atoms with Crippen LogP contribution in [0.3, 0.4) is 0 Å². The molecular formula is C27H33N3O8S3. The van der Waals surface area contributed by atoms with Gasteiger partial charge in [-0.1, -0.05) is 19.1 Å². The maximum atomic E-state index is 13.7. The lowest BCUT2D eigenvalue weighted by molar-refractivity contribution is 0.0389. The zero-order valence-corrected chi connectivity index (χ0v) is 25.5. The molecule has 0 radical (unpaired) electrons. The zero-order valence-electron chi connectivity index (χ0n) is 23.1. The molecule has 1 aliphatic heterocycles. The number of carbonyl (C=O) groups is 1. The molecule has 2 heterocycles. The minimum absolute atomic E-state index is 0.0143. The van der Waals surface area contributed by atoms with Crippen molar-refractivity contribution < 1.29 is 36.2 Å². The summed E-state index contributed by atoms with van der Waals surface area (Å²) < 4.78 is 68.2. The smallest absolute Gasteiger partial charge is 0.271 e. The molecule has 0 saturated carbocycles. The van der Waals surface area contributed by atoms with E-state index in [1.807, 2.05) is 6.92 Å². The maximum Gasteiger partial charge on any atom is 0.271 e. The second kappa shape index (κ2) is 12.4. The van der Waals surface area contributed by atoms with Gasteiger partial charge in [-0.15, -0.1) is 11.3 Å². The predicted molar refractivity (Wildman–Crippen MR) is 156 cm³/mol. The van der Waals surface area contributed by atoms with Crippen molar-refractivity contribution in [2.45, 2.75) is 35.1 Å². The van der Waals surface area contributed by atoms with Gasteiger partial charge in [0, 0.05) is 19.5 Å². The third kappa shape index (κ3) is 6.51. The second-order valence-electron chi connectivity index (χ2n) is 9.80. The average Bonchev–Trinajstić information content (AvgIpc) is 3.51. The number of carbonyl (C=O) groups excluding carboxylic acids is 1. The van der Waals surface area contributed by atoms with Crippen LogP contribution in [0.1, 0.15) is 24.2 Å². The van der Waals surface area contributed by atoms with Crippen LogP contribution in [-0.4, -0.2) is 83.1 Å². The summed E-state index contributed by atoms with van der Waals surface area (Å²) in [5.41, 5.74) is 0.134. The van der Waals surface area contributed by atoms with Crippen molar-refractivity contribution in [3.05, 3.63) is 65.5 Å². The number of nitrogens with one attached hydrogen (secondary N) is 1. The van der Waals surface area contributed by atoms with Crippen molar-refractivity contribution in [3.63, 3.8) is 0 Å². The second-order valence-corrected chi connectivity index (χ2v) is 14.7. The van der Waals surface area contributed by atoms with Crippen LogP contribution in [0.2, 0.25) is 0 Å². The van der Waals surface area contributed by atoms with E-state index in [9.17, 15) is 26.7 Å². The molecule has 0 aliphatic carbocycles. The Labute approximate surface area is 244 Å². The number of benzene rings is 2. The van der Waals surface area contributed by atoms with Gasteiger partial charge < -0.3 is 19.5 Å². The van der Waals surface area contributed by atoms with Crippen LogP contribution in [0.25, 0.3) is 0 Å². The summed E-state index contributed by atoms with van der Waals surface area (Å²) >= 11 is 1.04. The molecule has 1 aliphatic rings. The fourth-order valence-corrected chi connectivity index (χ4v) is 7.67. The highest BCUT2D eigenvalue weighted by Crippen LogP contribution is 2.36. The number of methoxy groups -OCH3 is 1. The summed E-state index contributed by atoms with van der Waals surface area (Å²) in [6.45, 7) is 3.29. The highest BCUT2D eigenvalue weighted by atomic mass is 32.2. The lowest BCUT2D eigenvalue weighted by Gasteiger charge is -2.38. The van der Waals surface area contributed by atoms with Gasteiger partial charge in [0.05, 0.1) is 42.4 Å². The van der Waals surface area contributed by atoms with Gasteiger partial charge in [0.25, 0.3) is 15.9 Å². The van der Waals surface area contributed by atoms with Crippen LogP contribution in [0, 0.1) is 5.92 Å². The largest absolute Gasteiger partial charge is 0.497 e. The molecule has 0 saturated heterocycles. The Hall–Kier alpha value is -3.17. The van der Waals surface area contributed by atoms with E-state index in [4.69, 9.17) is 9.47 Å². The van der Waals surface area contributed by atoms with E-state index in [2.05, 4.69) is 4.72 Å². The van der Waals surface area contributed by atoms with E-state index < -0.39 is 44.0 Å². The minimum Gasteiger partial charge on any atom is -0.497 e. The minimum atomic E-state index is -3.99. The summed E-state index contributed by atoms with van der Waals surface area (Å²) in [4.78, 5) is 15.2. The first-order chi connectivity index (χ1) is 19.4. The van der Waals surface area contributed by atoms with E-state index in [1.165, 1.54) is 55.5 Å². The SMILES string of the molecule is COc1ccc(S(=O)(=O)N(C)C[C@@H]2Oc3c(NS(=O)(=O)c4cccs4)cccc3C(=O)N([C@H](C)CO)C[C@@H]2C)cc1. The number of sulfonamides is 2. The fourth-order valence-electron chi connectivity index (χ4n) is 4.43. The first-order valence-electron chi connectivity index (χ1n) is 12.8. The summed E-state index contributed by atoms with van der Waals surface area (Å²) in [5, 5.41) is 11.5. The van der Waals surface area contributed by atoms with Crippen molar-refractivity contribution in [3.8, 4) is 11.5 Å². The molecule has 0 unspecified atom stereocenters. The number of nitrogens with zero attached hydrogens (tertiary/aromatic N) is 2. The van der Waals surface area contributed by atoms with Crippen LogP contribution in [0.5, 0.6) is 11.5 Å². The Morgan fingerprint density at radius 2 is 1.85 bits per heavy atom. The molecule has 2 aromatic carbocycles. The predicted octanol–water partition coefficient (Wildman–Crippen LogP) is 3.10. The maximum absolute atomic E-state index is 13.7. The number of para-hydroxylation sites is 1. The van der Waals surface area contributed by atoms with Crippen LogP contribution < -0.4 is 14.2 Å². The van der Waals surface area contributed by atoms with Gasteiger partial charge in [-0.2, -0.15) is 4.31 Å². The highest BCUT2D eigenvalue weighted by Gasteiger charge is 2.36. The van der Waals surface area contributed by atoms with E-state index in [0.717, 1.165) is 15.6 Å². The molecule has 11 nitrogen and oxygen atoms in total. The molecular weight excluding hydrogens is 591 g/mol. The quantitative estimate of drug-likeness (QED) is 0.351. The molecule has 0 spiro atoms. The van der Waals surface area contributed by atoms with Crippen LogP contribution in [0.4, 0.5) is 5.69 Å². The van der Waals surface area contributed by atoms with Crippen molar-refractivity contribution >= 4 is 43.0 Å². The molecule has 3 atom stereocenters. The van der Waals surface area contributed by atoms with Gasteiger partial charge >= 0.3 is 0 Å². The summed E-state index contributed by atoms with van der Waals surface area (Å²) in [6.07, 6.45) is -0.791. The Morgan fingerprint density at radius 1 is 1.15 bits per heavy atom. The van der Waals surface area contributed by atoms with Crippen LogP contribution in [-0.2, 0) is 20.0 Å². The number of fused-ring (bicyclic) bond motifs is 1. The normalized spacial score (nSPS) is 18.7. The number of thiophene rings is 1. The monoisotopic (exact) mass is 623 g/mol. The number of aliphatic hydroxyl groups excluding tert-OH is 1. The molecule has 222 valence electrons. The Kier molecular flexibility index (Phi) is 9.29. The molecule has 14 heteroatoms. The first kappa shape index (κ1) is 30.8. The lowest BCUT2D eigenvalue weighted by Crippen LogP contribution is -2.50. The summed E-state index contributed by atoms with van der Waals surface area (Å²) in [7, 11) is -5.00. The van der Waals surface area contributed by atoms with E-state index >= 15 is 0 Å². The van der Waals surface area contributed by atoms with Crippen LogP contribution >= 0.6 is 11.3 Å². The lowest BCUT2D eigenvalue weighted by atomic mass is 9.99. The molecule has 2 N–H and O–H groups in total. The molecule has 1 aromatic heterocycles. The van der Waals surface area contributed by atoms with Crippen molar-refractivity contribution in [1.82, 2.24) is 9.21 Å². The number of amides is 1. The number of anilines is 1. The van der Waals surface area contributed by atoms with Gasteiger partial charge in [0.1, 0.15) is 16.1 Å². The number of rotatable bonds is 10. The van der Waals surface area contributed by atoms with E-state index in [0.29, 0.717) is 5.75 Å². The number of hydrogen-bond donors (Lipinski definition) is 2. The molecule has 41 heavy (non-hydrogen) atoms. The Morgan fingerprint density at radius 3 is 2.46 bits per heavy atom. The van der Waals surface area contributed by atoms with Gasteiger partial charge in [-0.05, 0) is 54.8 Å². The standard InChI is InChI=1S/C27H33N3O8S3/c1-18-15-30(19(2)17-31)27(32)22-7-5-8-23(28-40(33,34)25-9-6-14-39-25)26(22)38-24(18)16-29(3)41(35,36)21-12-10-20(37-4)11-13-21/h5-14,18-19,24,28,31H,15-17H2,1-4H3/t18-,19+,24-/m0/s1. The van der Waals surface area contributed by atoms with Gasteiger partial charge in [0.2, 0.25) is 10.0 Å². The van der Waals surface area contributed by atoms with Crippen molar-refractivity contribution in [2.75, 3.05) is 38.6 Å². The van der Waals surface area contributed by atoms with Crippen molar-refractivity contribution in [2.24, 2.45) is 5.92 Å². The van der Waals surface area contributed by atoms with E-state index in [-0.39, 0.29) is 45.8 Å². The average molecular weight is 624 g/mol. The van der Waals surface area contributed by atoms with Crippen molar-refractivity contribution in [1.29, 1.82) is 0 Å². The molecule has 4 rings (SSSR count). The summed E-state index contributed by atoms with van der Waals surface area (Å²) in [6, 6.07) is 13.1. The Balaban J connectivity index is 1.74. The molecule has 0 fully saturated rings. The highest BCUT2D eigenvalue weighted by molar-refractivity contribution is 7.94. The summed E-state index contributed by atoms with van der Waals surface area (Å²) in [5.74, 6) is -0.347. The third-order valence-electron chi connectivity index (χ3n) is 6.90. The fraction of sp³-hybridized carbons (Fsp3) is 0.370. The Bertz CT molecular complexity index is 1580. The van der Waals surface area contributed by atoms with Gasteiger partial charge in [-0.3, -0.25) is 9.52 Å². The number of hydrogen-bond acceptors (Lipinski definition) is 9. The van der Waals surface area contributed by atoms with Gasteiger partial charge in [-0.25, -0.2) is 16.8 Å². The zero-order chi connectivity index (χ0) is 29.9. The third-order valence-corrected chi connectivity index (χ3v) is 11.5. The van der Waals surface area contributed by atoms with E-state index in [1.54, 1.807) is 30.5 Å². The molecule has 3 aromatic rings. The number of aliphatic hydroxyl groups is 1. The topological polar surface area (TPSA) is 143 Å². The molecule has 1 amide bonds. The van der Waals surface area contributed by atoms with Gasteiger partial charge in [0.15, 0.2) is 5.75 Å². The number of likely N-dealkylation sites (N-methyl/N-ethyl adjacent to an activating group) is 1.